The summed E-state index contributed by atoms with van der Waals surface area (Å²) in [6.07, 6.45) is 0. The molecule has 0 fully saturated rings. The molecule has 1 amide bonds. The Morgan fingerprint density at radius 2 is 2.20 bits per heavy atom. The molecule has 1 unspecified atom stereocenters. The van der Waals surface area contributed by atoms with E-state index in [-0.39, 0.29) is 21.4 Å². The highest BCUT2D eigenvalue weighted by molar-refractivity contribution is 8.00. The van der Waals surface area contributed by atoms with Crippen LogP contribution in [0.5, 0.6) is 0 Å². The first-order valence-corrected chi connectivity index (χ1v) is 6.76. The van der Waals surface area contributed by atoms with Crippen LogP contribution in [0.3, 0.4) is 0 Å². The Morgan fingerprint density at radius 1 is 1.55 bits per heavy atom. The Kier molecular flexibility index (Phi) is 5.78. The molecular weight excluding hydrogens is 308 g/mol. The summed E-state index contributed by atoms with van der Waals surface area (Å²) >= 11 is 6.61. The average Bonchev–Trinajstić information content (AvgIpc) is 2.36. The van der Waals surface area contributed by atoms with E-state index in [0.29, 0.717) is 0 Å². The summed E-state index contributed by atoms with van der Waals surface area (Å²) in [5.74, 6) is -1.80. The fourth-order valence-electron chi connectivity index (χ4n) is 1.24. The largest absolute Gasteiger partial charge is 0.480 e. The first kappa shape index (κ1) is 16.3. The van der Waals surface area contributed by atoms with Gasteiger partial charge in [-0.05, 0) is 19.1 Å². The second-order valence-electron chi connectivity index (χ2n) is 3.79. The van der Waals surface area contributed by atoms with Crippen molar-refractivity contribution in [2.75, 3.05) is 5.75 Å². The van der Waals surface area contributed by atoms with Gasteiger partial charge in [0.15, 0.2) is 0 Å². The van der Waals surface area contributed by atoms with Crippen LogP contribution in [-0.2, 0) is 9.59 Å². The van der Waals surface area contributed by atoms with E-state index in [9.17, 15) is 19.7 Å². The number of hydrogen-bond donors (Lipinski definition) is 2. The minimum atomic E-state index is -1.15. The number of hydrogen-bond acceptors (Lipinski definition) is 5. The van der Waals surface area contributed by atoms with Crippen molar-refractivity contribution in [3.8, 4) is 0 Å². The third-order valence-electron chi connectivity index (χ3n) is 2.22. The van der Waals surface area contributed by atoms with E-state index in [2.05, 4.69) is 5.32 Å². The smallest absolute Gasteiger partial charge is 0.325 e. The number of nitro groups is 1. The molecule has 0 heterocycles. The molecule has 0 aromatic heterocycles. The van der Waals surface area contributed by atoms with Gasteiger partial charge in [-0.1, -0.05) is 11.6 Å². The van der Waals surface area contributed by atoms with Crippen LogP contribution in [0.25, 0.3) is 0 Å². The maximum atomic E-state index is 11.5. The van der Waals surface area contributed by atoms with Gasteiger partial charge in [-0.25, -0.2) is 0 Å². The van der Waals surface area contributed by atoms with Crippen molar-refractivity contribution < 1.29 is 19.6 Å². The lowest BCUT2D eigenvalue weighted by Gasteiger charge is -2.09. The zero-order valence-corrected chi connectivity index (χ0v) is 11.9. The molecule has 7 nitrogen and oxygen atoms in total. The lowest BCUT2D eigenvalue weighted by Crippen LogP contribution is -2.39. The van der Waals surface area contributed by atoms with E-state index in [1.807, 2.05) is 0 Å². The second-order valence-corrected chi connectivity index (χ2v) is 5.24. The summed E-state index contributed by atoms with van der Waals surface area (Å²) in [5, 5.41) is 22.0. The van der Waals surface area contributed by atoms with Gasteiger partial charge in [0.1, 0.15) is 6.04 Å². The average molecular weight is 319 g/mol. The molecule has 0 spiro atoms. The number of rotatable bonds is 6. The molecule has 0 aliphatic rings. The van der Waals surface area contributed by atoms with Crippen molar-refractivity contribution in [3.05, 3.63) is 33.3 Å². The van der Waals surface area contributed by atoms with Crippen molar-refractivity contribution in [1.29, 1.82) is 0 Å². The molecule has 1 aromatic carbocycles. The van der Waals surface area contributed by atoms with Crippen LogP contribution in [0.1, 0.15) is 6.92 Å². The van der Waals surface area contributed by atoms with Gasteiger partial charge in [0.2, 0.25) is 5.91 Å². The number of nitrogens with one attached hydrogen (secondary N) is 1. The highest BCUT2D eigenvalue weighted by Crippen LogP contribution is 2.31. The molecule has 2 N–H and O–H groups in total. The van der Waals surface area contributed by atoms with Gasteiger partial charge < -0.3 is 10.4 Å². The fourth-order valence-corrected chi connectivity index (χ4v) is 2.23. The predicted octanol–water partition coefficient (Wildman–Crippen LogP) is 1.93. The van der Waals surface area contributed by atoms with Gasteiger partial charge in [-0.15, -0.1) is 11.8 Å². The van der Waals surface area contributed by atoms with Gasteiger partial charge in [0, 0.05) is 11.1 Å². The fraction of sp³-hybridized carbons (Fsp3) is 0.273. The summed E-state index contributed by atoms with van der Waals surface area (Å²) in [6.45, 7) is 1.33. The molecule has 1 atom stereocenters. The highest BCUT2D eigenvalue weighted by Gasteiger charge is 2.18. The van der Waals surface area contributed by atoms with Crippen LogP contribution >= 0.6 is 23.4 Å². The summed E-state index contributed by atoms with van der Waals surface area (Å²) < 4.78 is 0. The van der Waals surface area contributed by atoms with Crippen LogP contribution in [0.15, 0.2) is 23.1 Å². The number of nitrogens with zero attached hydrogens (tertiary/aromatic N) is 1. The molecule has 20 heavy (non-hydrogen) atoms. The van der Waals surface area contributed by atoms with Gasteiger partial charge in [-0.2, -0.15) is 0 Å². The zero-order valence-electron chi connectivity index (χ0n) is 10.3. The predicted molar refractivity (Wildman–Crippen MR) is 74.1 cm³/mol. The molecule has 0 saturated heterocycles. The third-order valence-corrected chi connectivity index (χ3v) is 3.52. The number of thioether (sulfide) groups is 1. The minimum absolute atomic E-state index is 0.125. The monoisotopic (exact) mass is 318 g/mol. The maximum Gasteiger partial charge on any atom is 0.325 e. The number of amides is 1. The number of benzene rings is 1. The molecule has 108 valence electrons. The molecule has 0 bridgehead atoms. The number of carboxylic acids is 1. The Hall–Kier alpha value is -1.80. The van der Waals surface area contributed by atoms with Gasteiger partial charge in [-0.3, -0.25) is 19.7 Å². The quantitative estimate of drug-likeness (QED) is 0.471. The Bertz CT molecular complexity index is 552. The lowest BCUT2D eigenvalue weighted by atomic mass is 10.3. The SMILES string of the molecule is CC(NC(=O)CSc1ccc(Cl)cc1[N+](=O)[O-])C(=O)O. The van der Waals surface area contributed by atoms with E-state index in [4.69, 9.17) is 16.7 Å². The molecule has 0 aliphatic heterocycles. The van der Waals surface area contributed by atoms with Crippen molar-refractivity contribution in [2.24, 2.45) is 0 Å². The van der Waals surface area contributed by atoms with Crippen LogP contribution in [0.2, 0.25) is 5.02 Å². The van der Waals surface area contributed by atoms with Crippen molar-refractivity contribution >= 4 is 40.9 Å². The number of carbonyl (C=O) groups is 2. The molecule has 1 aromatic rings. The second kappa shape index (κ2) is 7.11. The van der Waals surface area contributed by atoms with Crippen LogP contribution in [0, 0.1) is 10.1 Å². The first-order valence-electron chi connectivity index (χ1n) is 5.40. The standard InChI is InChI=1S/C11H11ClN2O5S/c1-6(11(16)17)13-10(15)5-20-9-3-2-7(12)4-8(9)14(18)19/h2-4,6H,5H2,1H3,(H,13,15)(H,16,17). The lowest BCUT2D eigenvalue weighted by molar-refractivity contribution is -0.387. The minimum Gasteiger partial charge on any atom is -0.480 e. The van der Waals surface area contributed by atoms with E-state index in [0.717, 1.165) is 11.8 Å². The maximum absolute atomic E-state index is 11.5. The Labute approximate surface area is 123 Å². The first-order chi connectivity index (χ1) is 9.31. The van der Waals surface area contributed by atoms with Crippen LogP contribution in [-0.4, -0.2) is 33.7 Å². The highest BCUT2D eigenvalue weighted by atomic mass is 35.5. The molecule has 0 aliphatic carbocycles. The van der Waals surface area contributed by atoms with E-state index in [1.165, 1.54) is 25.1 Å². The third kappa shape index (κ3) is 4.71. The van der Waals surface area contributed by atoms with Crippen LogP contribution < -0.4 is 5.32 Å². The normalized spacial score (nSPS) is 11.7. The summed E-state index contributed by atoms with van der Waals surface area (Å²) in [7, 11) is 0. The Morgan fingerprint density at radius 3 is 2.75 bits per heavy atom. The molecule has 0 saturated carbocycles. The van der Waals surface area contributed by atoms with Crippen molar-refractivity contribution in [2.45, 2.75) is 17.9 Å². The van der Waals surface area contributed by atoms with Gasteiger partial charge in [0.25, 0.3) is 5.69 Å². The number of aliphatic carboxylic acids is 1. The van der Waals surface area contributed by atoms with Gasteiger partial charge >= 0.3 is 5.97 Å². The number of carbonyl (C=O) groups excluding carboxylic acids is 1. The molecule has 9 heteroatoms. The number of nitro benzene ring substituents is 1. The Balaban J connectivity index is 2.68. The van der Waals surface area contributed by atoms with Gasteiger partial charge in [0.05, 0.1) is 15.6 Å². The van der Waals surface area contributed by atoms with E-state index >= 15 is 0 Å². The number of carboxylic acid groups (broad SMARTS) is 1. The van der Waals surface area contributed by atoms with Crippen LogP contribution in [0.4, 0.5) is 5.69 Å². The topological polar surface area (TPSA) is 110 Å². The molecule has 1 rings (SSSR count). The zero-order chi connectivity index (χ0) is 15.3. The van der Waals surface area contributed by atoms with Crippen molar-refractivity contribution in [3.63, 3.8) is 0 Å². The molecular formula is C11H11ClN2O5S. The van der Waals surface area contributed by atoms with Crippen molar-refractivity contribution in [1.82, 2.24) is 5.32 Å². The summed E-state index contributed by atoms with van der Waals surface area (Å²) in [5.41, 5.74) is -0.193. The number of halogens is 1. The van der Waals surface area contributed by atoms with E-state index < -0.39 is 22.8 Å². The molecule has 0 radical (unpaired) electrons. The summed E-state index contributed by atoms with van der Waals surface area (Å²) in [6, 6.07) is 3.11. The van der Waals surface area contributed by atoms with E-state index in [1.54, 1.807) is 0 Å². The summed E-state index contributed by atoms with van der Waals surface area (Å²) in [4.78, 5) is 32.6.